The van der Waals surface area contributed by atoms with Crippen molar-refractivity contribution in [3.63, 3.8) is 0 Å². The first-order chi connectivity index (χ1) is 8.81. The monoisotopic (exact) mass is 280 g/mol. The third kappa shape index (κ3) is 4.59. The summed E-state index contributed by atoms with van der Waals surface area (Å²) in [5.41, 5.74) is 8.39. The molecule has 0 radical (unpaired) electrons. The fourth-order valence-corrected chi connectivity index (χ4v) is 2.14. The number of nitro benzene ring substituents is 1. The van der Waals surface area contributed by atoms with Gasteiger partial charge in [-0.15, -0.1) is 0 Å². The molecule has 1 aromatic carbocycles. The zero-order valence-electron chi connectivity index (χ0n) is 11.6. The molecule has 0 fully saturated rings. The van der Waals surface area contributed by atoms with Crippen LogP contribution in [0.1, 0.15) is 37.0 Å². The summed E-state index contributed by atoms with van der Waals surface area (Å²) in [5, 5.41) is 11.1. The topological polar surface area (TPSA) is 69.2 Å². The molecule has 0 bridgehead atoms. The molecule has 0 heterocycles. The van der Waals surface area contributed by atoms with E-state index in [2.05, 4.69) is 13.8 Å². The molecule has 104 valence electrons. The lowest BCUT2D eigenvalue weighted by atomic mass is 9.95. The molecule has 0 saturated carbocycles. The van der Waals surface area contributed by atoms with Gasteiger partial charge in [-0.3, -0.25) is 10.1 Å². The van der Waals surface area contributed by atoms with Crippen molar-refractivity contribution in [1.29, 1.82) is 0 Å². The maximum absolute atomic E-state index is 11.1. The van der Waals surface area contributed by atoms with E-state index in [4.69, 9.17) is 18.0 Å². The number of nitrogens with zero attached hydrogens (tertiary/aromatic N) is 1. The highest BCUT2D eigenvalue weighted by molar-refractivity contribution is 7.80. The van der Waals surface area contributed by atoms with E-state index in [9.17, 15) is 10.1 Å². The van der Waals surface area contributed by atoms with Crippen molar-refractivity contribution in [2.45, 2.75) is 40.0 Å². The minimum Gasteiger partial charge on any atom is -0.393 e. The maximum atomic E-state index is 11.1. The molecule has 0 aliphatic heterocycles. The van der Waals surface area contributed by atoms with Crippen LogP contribution in [0.15, 0.2) is 12.1 Å². The summed E-state index contributed by atoms with van der Waals surface area (Å²) in [6.45, 7) is 6.07. The molecule has 4 nitrogen and oxygen atoms in total. The summed E-state index contributed by atoms with van der Waals surface area (Å²) in [4.78, 5) is 11.2. The highest BCUT2D eigenvalue weighted by Crippen LogP contribution is 2.26. The van der Waals surface area contributed by atoms with E-state index in [-0.39, 0.29) is 10.6 Å². The molecule has 0 aliphatic carbocycles. The standard InChI is InChI=1S/C14H20N2O2S/c1-9(2)4-5-11-7-12(8-14(15)19)10(3)6-13(11)16(17)18/h6-7,9H,4-5,8H2,1-3H3,(H2,15,19). The lowest BCUT2D eigenvalue weighted by Gasteiger charge is -2.10. The molecular weight excluding hydrogens is 260 g/mol. The number of nitro groups is 1. The van der Waals surface area contributed by atoms with Crippen LogP contribution in [-0.2, 0) is 12.8 Å². The van der Waals surface area contributed by atoms with Crippen LogP contribution < -0.4 is 5.73 Å². The molecule has 1 aromatic rings. The fourth-order valence-electron chi connectivity index (χ4n) is 1.98. The smallest absolute Gasteiger partial charge is 0.272 e. The van der Waals surface area contributed by atoms with Crippen molar-refractivity contribution in [2.75, 3.05) is 0 Å². The van der Waals surface area contributed by atoms with Crippen molar-refractivity contribution < 1.29 is 4.92 Å². The van der Waals surface area contributed by atoms with E-state index < -0.39 is 0 Å². The Labute approximate surface area is 119 Å². The van der Waals surface area contributed by atoms with Gasteiger partial charge in [-0.1, -0.05) is 26.1 Å². The SMILES string of the molecule is Cc1cc([N+](=O)[O-])c(CCC(C)C)cc1CC(N)=S. The minimum absolute atomic E-state index is 0.199. The first kappa shape index (κ1) is 15.6. The lowest BCUT2D eigenvalue weighted by molar-refractivity contribution is -0.385. The number of nitrogens with two attached hydrogens (primary N) is 1. The number of thiocarbonyl (C=S) groups is 1. The van der Waals surface area contributed by atoms with Crippen molar-refractivity contribution >= 4 is 22.9 Å². The molecule has 0 amide bonds. The van der Waals surface area contributed by atoms with Gasteiger partial charge in [0.05, 0.1) is 9.91 Å². The Morgan fingerprint density at radius 1 is 1.42 bits per heavy atom. The van der Waals surface area contributed by atoms with E-state index in [1.54, 1.807) is 6.07 Å². The first-order valence-electron chi connectivity index (χ1n) is 6.36. The molecular formula is C14H20N2O2S. The summed E-state index contributed by atoms with van der Waals surface area (Å²) in [6, 6.07) is 3.51. The zero-order chi connectivity index (χ0) is 14.6. The zero-order valence-corrected chi connectivity index (χ0v) is 12.4. The van der Waals surface area contributed by atoms with Gasteiger partial charge in [-0.2, -0.15) is 0 Å². The summed E-state index contributed by atoms with van der Waals surface area (Å²) in [6.07, 6.45) is 2.13. The van der Waals surface area contributed by atoms with Gasteiger partial charge < -0.3 is 5.73 Å². The fraction of sp³-hybridized carbons (Fsp3) is 0.500. The quantitative estimate of drug-likeness (QED) is 0.493. The average Bonchev–Trinajstić information content (AvgIpc) is 2.28. The van der Waals surface area contributed by atoms with Crippen molar-refractivity contribution in [3.8, 4) is 0 Å². The Morgan fingerprint density at radius 2 is 2.05 bits per heavy atom. The van der Waals surface area contributed by atoms with E-state index in [1.165, 1.54) is 0 Å². The van der Waals surface area contributed by atoms with Gasteiger partial charge in [0.15, 0.2) is 0 Å². The second-order valence-corrected chi connectivity index (χ2v) is 5.76. The third-order valence-electron chi connectivity index (χ3n) is 3.09. The molecule has 2 N–H and O–H groups in total. The maximum Gasteiger partial charge on any atom is 0.272 e. The van der Waals surface area contributed by atoms with E-state index in [0.717, 1.165) is 23.1 Å². The Balaban J connectivity index is 3.15. The van der Waals surface area contributed by atoms with Gasteiger partial charge in [0.2, 0.25) is 0 Å². The number of rotatable bonds is 6. The molecule has 5 heteroatoms. The van der Waals surface area contributed by atoms with Gasteiger partial charge in [-0.25, -0.2) is 0 Å². The first-order valence-corrected chi connectivity index (χ1v) is 6.77. The third-order valence-corrected chi connectivity index (χ3v) is 3.23. The Kier molecular flexibility index (Phi) is 5.42. The molecule has 0 saturated heterocycles. The number of hydrogen-bond donors (Lipinski definition) is 1. The summed E-state index contributed by atoms with van der Waals surface area (Å²) >= 11 is 4.91. The van der Waals surface area contributed by atoms with Gasteiger partial charge in [0.1, 0.15) is 0 Å². The van der Waals surface area contributed by atoms with Gasteiger partial charge in [-0.05, 0) is 42.9 Å². The highest BCUT2D eigenvalue weighted by Gasteiger charge is 2.17. The molecule has 1 rings (SSSR count). The van der Waals surface area contributed by atoms with E-state index in [0.29, 0.717) is 23.7 Å². The second-order valence-electron chi connectivity index (χ2n) is 5.24. The average molecular weight is 280 g/mol. The highest BCUT2D eigenvalue weighted by atomic mass is 32.1. The van der Waals surface area contributed by atoms with Crippen LogP contribution in [0.25, 0.3) is 0 Å². The Morgan fingerprint density at radius 3 is 2.53 bits per heavy atom. The van der Waals surface area contributed by atoms with Crippen LogP contribution in [0.5, 0.6) is 0 Å². The molecule has 0 aromatic heterocycles. The van der Waals surface area contributed by atoms with Gasteiger partial charge in [0.25, 0.3) is 5.69 Å². The largest absolute Gasteiger partial charge is 0.393 e. The van der Waals surface area contributed by atoms with Crippen molar-refractivity contribution in [3.05, 3.63) is 38.9 Å². The number of benzene rings is 1. The molecule has 0 atom stereocenters. The van der Waals surface area contributed by atoms with Crippen molar-refractivity contribution in [2.24, 2.45) is 11.7 Å². The molecule has 0 spiro atoms. The van der Waals surface area contributed by atoms with Crippen LogP contribution in [0.2, 0.25) is 0 Å². The number of aryl methyl sites for hydroxylation is 2. The number of hydrogen-bond acceptors (Lipinski definition) is 3. The summed E-state index contributed by atoms with van der Waals surface area (Å²) in [5.74, 6) is 0.514. The van der Waals surface area contributed by atoms with Crippen LogP contribution in [0.4, 0.5) is 5.69 Å². The molecule has 0 aliphatic rings. The predicted molar refractivity (Wildman–Crippen MR) is 81.5 cm³/mol. The molecule has 0 unspecified atom stereocenters. The van der Waals surface area contributed by atoms with Crippen LogP contribution >= 0.6 is 12.2 Å². The lowest BCUT2D eigenvalue weighted by Crippen LogP contribution is -2.12. The Bertz CT molecular complexity index is 498. The predicted octanol–water partition coefficient (Wildman–Crippen LogP) is 3.32. The summed E-state index contributed by atoms with van der Waals surface area (Å²) < 4.78 is 0. The Hall–Kier alpha value is -1.49. The normalized spacial score (nSPS) is 10.7. The van der Waals surface area contributed by atoms with Crippen molar-refractivity contribution in [1.82, 2.24) is 0 Å². The van der Waals surface area contributed by atoms with E-state index >= 15 is 0 Å². The van der Waals surface area contributed by atoms with Crippen LogP contribution in [0, 0.1) is 23.0 Å². The second kappa shape index (κ2) is 6.61. The molecule has 19 heavy (non-hydrogen) atoms. The van der Waals surface area contributed by atoms with Crippen LogP contribution in [0.3, 0.4) is 0 Å². The van der Waals surface area contributed by atoms with E-state index in [1.807, 2.05) is 13.0 Å². The minimum atomic E-state index is -0.312. The van der Waals surface area contributed by atoms with Gasteiger partial charge >= 0.3 is 0 Å². The van der Waals surface area contributed by atoms with Gasteiger partial charge in [0, 0.05) is 18.1 Å². The summed E-state index contributed by atoms with van der Waals surface area (Å²) in [7, 11) is 0. The van der Waals surface area contributed by atoms with Crippen LogP contribution in [-0.4, -0.2) is 9.91 Å².